The van der Waals surface area contributed by atoms with Crippen molar-refractivity contribution in [2.75, 3.05) is 6.54 Å². The molecular formula is C13H17Cl2N. The van der Waals surface area contributed by atoms with Gasteiger partial charge in [0.1, 0.15) is 0 Å². The van der Waals surface area contributed by atoms with Gasteiger partial charge in [0.25, 0.3) is 0 Å². The van der Waals surface area contributed by atoms with Crippen molar-refractivity contribution in [3.63, 3.8) is 0 Å². The minimum Gasteiger partial charge on any atom is -0.310 e. The van der Waals surface area contributed by atoms with Gasteiger partial charge in [-0.25, -0.2) is 0 Å². The van der Waals surface area contributed by atoms with Crippen LogP contribution in [0.5, 0.6) is 0 Å². The summed E-state index contributed by atoms with van der Waals surface area (Å²) < 4.78 is 0. The van der Waals surface area contributed by atoms with E-state index < -0.39 is 0 Å². The van der Waals surface area contributed by atoms with Gasteiger partial charge in [0, 0.05) is 22.6 Å². The molecular weight excluding hydrogens is 241 g/mol. The quantitative estimate of drug-likeness (QED) is 0.841. The summed E-state index contributed by atoms with van der Waals surface area (Å²) in [4.78, 5) is 0. The summed E-state index contributed by atoms with van der Waals surface area (Å²) in [5.74, 6) is 0. The lowest BCUT2D eigenvalue weighted by Gasteiger charge is -2.18. The van der Waals surface area contributed by atoms with E-state index in [2.05, 4.69) is 19.2 Å². The summed E-state index contributed by atoms with van der Waals surface area (Å²) in [6, 6.07) is 5.87. The molecule has 1 fully saturated rings. The van der Waals surface area contributed by atoms with Crippen LogP contribution in [0.2, 0.25) is 10.0 Å². The van der Waals surface area contributed by atoms with Crippen LogP contribution in [-0.4, -0.2) is 6.54 Å². The predicted molar refractivity (Wildman–Crippen MR) is 70.2 cm³/mol. The minimum atomic E-state index is 0.253. The normalized spacial score (nSPS) is 19.5. The third-order valence-electron chi connectivity index (χ3n) is 3.36. The van der Waals surface area contributed by atoms with Gasteiger partial charge in [-0.15, -0.1) is 0 Å². The summed E-state index contributed by atoms with van der Waals surface area (Å²) in [7, 11) is 0. The van der Waals surface area contributed by atoms with E-state index in [0.717, 1.165) is 22.2 Å². The van der Waals surface area contributed by atoms with Gasteiger partial charge in [0.05, 0.1) is 0 Å². The fourth-order valence-electron chi connectivity index (χ4n) is 1.75. The highest BCUT2D eigenvalue weighted by molar-refractivity contribution is 6.33. The second kappa shape index (κ2) is 4.56. The molecule has 0 aromatic heterocycles. The van der Waals surface area contributed by atoms with Gasteiger partial charge in [-0.1, -0.05) is 30.1 Å². The van der Waals surface area contributed by atoms with Crippen LogP contribution in [0, 0.1) is 5.41 Å². The molecule has 1 atom stereocenters. The highest BCUT2D eigenvalue weighted by Gasteiger charge is 2.36. The Balaban J connectivity index is 2.01. The van der Waals surface area contributed by atoms with Crippen LogP contribution in [0.4, 0.5) is 0 Å². The molecule has 0 spiro atoms. The van der Waals surface area contributed by atoms with Crippen molar-refractivity contribution in [3.05, 3.63) is 33.8 Å². The zero-order valence-corrected chi connectivity index (χ0v) is 11.2. The molecule has 0 saturated heterocycles. The standard InChI is InChI=1S/C13H17Cl2N/c1-9(16-8-13(2)5-6-13)11-7-10(14)3-4-12(11)15/h3-4,7,9,16H,5-6,8H2,1-2H3. The maximum Gasteiger partial charge on any atom is 0.0454 e. The molecule has 1 aliphatic carbocycles. The van der Waals surface area contributed by atoms with E-state index >= 15 is 0 Å². The van der Waals surface area contributed by atoms with Crippen LogP contribution in [0.15, 0.2) is 18.2 Å². The summed E-state index contributed by atoms with van der Waals surface area (Å²) in [6.45, 7) is 5.49. The monoisotopic (exact) mass is 257 g/mol. The van der Waals surface area contributed by atoms with Crippen molar-refractivity contribution in [1.29, 1.82) is 0 Å². The molecule has 1 aromatic rings. The second-order valence-corrected chi connectivity index (χ2v) is 5.92. The summed E-state index contributed by atoms with van der Waals surface area (Å²) in [6.07, 6.45) is 2.66. The highest BCUT2D eigenvalue weighted by Crippen LogP contribution is 2.44. The van der Waals surface area contributed by atoms with Crippen molar-refractivity contribution in [2.24, 2.45) is 5.41 Å². The van der Waals surface area contributed by atoms with Crippen LogP contribution < -0.4 is 5.32 Å². The molecule has 1 N–H and O–H groups in total. The number of hydrogen-bond donors (Lipinski definition) is 1. The van der Waals surface area contributed by atoms with Crippen LogP contribution in [-0.2, 0) is 0 Å². The van der Waals surface area contributed by atoms with Crippen LogP contribution in [0.3, 0.4) is 0 Å². The maximum absolute atomic E-state index is 6.16. The average Bonchev–Trinajstić information content (AvgIpc) is 2.97. The molecule has 1 nitrogen and oxygen atoms in total. The summed E-state index contributed by atoms with van der Waals surface area (Å²) in [5.41, 5.74) is 1.60. The molecule has 0 aliphatic heterocycles. The van der Waals surface area contributed by atoms with Gasteiger partial charge < -0.3 is 5.32 Å². The lowest BCUT2D eigenvalue weighted by molar-refractivity contribution is 0.457. The third-order valence-corrected chi connectivity index (χ3v) is 3.94. The molecule has 16 heavy (non-hydrogen) atoms. The SMILES string of the molecule is CC(NCC1(C)CC1)c1cc(Cl)ccc1Cl. The van der Waals surface area contributed by atoms with E-state index in [1.165, 1.54) is 12.8 Å². The third kappa shape index (κ3) is 2.91. The molecule has 1 saturated carbocycles. The molecule has 1 aromatic carbocycles. The van der Waals surface area contributed by atoms with Crippen molar-refractivity contribution in [3.8, 4) is 0 Å². The number of benzene rings is 1. The van der Waals surface area contributed by atoms with E-state index in [9.17, 15) is 0 Å². The fourth-order valence-corrected chi connectivity index (χ4v) is 2.21. The topological polar surface area (TPSA) is 12.0 Å². The summed E-state index contributed by atoms with van der Waals surface area (Å²) >= 11 is 12.1. The van der Waals surface area contributed by atoms with Gasteiger partial charge in [-0.05, 0) is 48.9 Å². The fraction of sp³-hybridized carbons (Fsp3) is 0.538. The molecule has 3 heteroatoms. The first kappa shape index (κ1) is 12.2. The van der Waals surface area contributed by atoms with Crippen LogP contribution >= 0.6 is 23.2 Å². The van der Waals surface area contributed by atoms with E-state index in [-0.39, 0.29) is 6.04 Å². The van der Waals surface area contributed by atoms with E-state index in [1.807, 2.05) is 18.2 Å². The van der Waals surface area contributed by atoms with Crippen molar-refractivity contribution in [1.82, 2.24) is 5.32 Å². The highest BCUT2D eigenvalue weighted by atomic mass is 35.5. The van der Waals surface area contributed by atoms with E-state index in [4.69, 9.17) is 23.2 Å². The Morgan fingerprint density at radius 2 is 2.06 bits per heavy atom. The minimum absolute atomic E-state index is 0.253. The zero-order valence-electron chi connectivity index (χ0n) is 9.69. The van der Waals surface area contributed by atoms with Gasteiger partial charge in [0.15, 0.2) is 0 Å². The van der Waals surface area contributed by atoms with E-state index in [1.54, 1.807) is 0 Å². The Labute approximate surface area is 107 Å². The molecule has 0 heterocycles. The molecule has 0 radical (unpaired) electrons. The van der Waals surface area contributed by atoms with Gasteiger partial charge in [-0.2, -0.15) is 0 Å². The molecule has 0 amide bonds. The number of hydrogen-bond acceptors (Lipinski definition) is 1. The zero-order chi connectivity index (χ0) is 11.8. The maximum atomic E-state index is 6.16. The first-order chi connectivity index (χ1) is 7.50. The van der Waals surface area contributed by atoms with Crippen LogP contribution in [0.25, 0.3) is 0 Å². The Morgan fingerprint density at radius 1 is 1.38 bits per heavy atom. The van der Waals surface area contributed by atoms with Crippen molar-refractivity contribution < 1.29 is 0 Å². The number of rotatable bonds is 4. The average molecular weight is 258 g/mol. The number of halogens is 2. The van der Waals surface area contributed by atoms with E-state index in [0.29, 0.717) is 5.41 Å². The lowest BCUT2D eigenvalue weighted by atomic mass is 10.1. The van der Waals surface area contributed by atoms with Gasteiger partial charge in [0.2, 0.25) is 0 Å². The molecule has 0 bridgehead atoms. The molecule has 1 aliphatic rings. The number of nitrogens with one attached hydrogen (secondary N) is 1. The smallest absolute Gasteiger partial charge is 0.0454 e. The Hall–Kier alpha value is -0.240. The Morgan fingerprint density at radius 3 is 2.69 bits per heavy atom. The van der Waals surface area contributed by atoms with Crippen LogP contribution in [0.1, 0.15) is 38.3 Å². The first-order valence-corrected chi connectivity index (χ1v) is 6.44. The van der Waals surface area contributed by atoms with Gasteiger partial charge >= 0.3 is 0 Å². The second-order valence-electron chi connectivity index (χ2n) is 5.08. The lowest BCUT2D eigenvalue weighted by Crippen LogP contribution is -2.25. The molecule has 1 unspecified atom stereocenters. The largest absolute Gasteiger partial charge is 0.310 e. The van der Waals surface area contributed by atoms with Gasteiger partial charge in [-0.3, -0.25) is 0 Å². The van der Waals surface area contributed by atoms with Crippen molar-refractivity contribution in [2.45, 2.75) is 32.7 Å². The Bertz CT molecular complexity index is 386. The molecule has 2 rings (SSSR count). The molecule has 88 valence electrons. The van der Waals surface area contributed by atoms with Crippen molar-refractivity contribution >= 4 is 23.2 Å². The Kier molecular flexibility index (Phi) is 3.48. The predicted octanol–water partition coefficient (Wildman–Crippen LogP) is 4.44. The summed E-state index contributed by atoms with van der Waals surface area (Å²) in [5, 5.41) is 5.05. The first-order valence-electron chi connectivity index (χ1n) is 5.68.